The molecule has 0 saturated heterocycles. The maximum Gasteiger partial charge on any atom is 0.262 e. The molecule has 2 amide bonds. The van der Waals surface area contributed by atoms with Gasteiger partial charge < -0.3 is 15.0 Å². The molecule has 0 aliphatic carbocycles. The second kappa shape index (κ2) is 5.75. The minimum Gasteiger partial charge on any atom is -0.479 e. The number of ether oxygens (including phenoxy) is 1. The number of carbonyl (C=O) groups is 2. The number of nitrogens with one attached hydrogen (secondary N) is 1. The number of benzene rings is 1. The van der Waals surface area contributed by atoms with Crippen LogP contribution in [0.3, 0.4) is 0 Å². The van der Waals surface area contributed by atoms with Crippen LogP contribution in [0.4, 0.5) is 11.4 Å². The summed E-state index contributed by atoms with van der Waals surface area (Å²) in [5.41, 5.74) is 2.96. The molecule has 0 fully saturated rings. The lowest BCUT2D eigenvalue weighted by atomic mass is 10.1. The molecule has 0 atom stereocenters. The van der Waals surface area contributed by atoms with E-state index in [0.717, 1.165) is 17.7 Å². The third-order valence-electron chi connectivity index (χ3n) is 3.85. The van der Waals surface area contributed by atoms with Crippen molar-refractivity contribution in [1.29, 1.82) is 0 Å². The highest BCUT2D eigenvalue weighted by Crippen LogP contribution is 2.31. The van der Waals surface area contributed by atoms with Crippen molar-refractivity contribution < 1.29 is 14.3 Å². The fourth-order valence-corrected chi connectivity index (χ4v) is 2.76. The van der Waals surface area contributed by atoms with E-state index in [-0.39, 0.29) is 17.7 Å². The summed E-state index contributed by atoms with van der Waals surface area (Å²) >= 11 is 0. The van der Waals surface area contributed by atoms with Crippen LogP contribution in [-0.4, -0.2) is 35.2 Å². The third-order valence-corrected chi connectivity index (χ3v) is 3.85. The standard InChI is InChI=1S/C16H18N4O3/c1-10(21)20-7-6-11-4-5-12(8-14(11)20)17-15(22)13-9-19(2)18-16(13)23-3/h4-5,8-9H,6-7H2,1-3H3,(H,17,22). The van der Waals surface area contributed by atoms with Gasteiger partial charge in [0, 0.05) is 38.1 Å². The van der Waals surface area contributed by atoms with Gasteiger partial charge in [-0.25, -0.2) is 0 Å². The maximum absolute atomic E-state index is 12.4. The van der Waals surface area contributed by atoms with Crippen LogP contribution >= 0.6 is 0 Å². The lowest BCUT2D eigenvalue weighted by Crippen LogP contribution is -2.25. The van der Waals surface area contributed by atoms with Crippen LogP contribution in [0.25, 0.3) is 0 Å². The number of aromatic nitrogens is 2. The molecule has 0 bridgehead atoms. The summed E-state index contributed by atoms with van der Waals surface area (Å²) in [6, 6.07) is 5.60. The maximum atomic E-state index is 12.4. The highest BCUT2D eigenvalue weighted by atomic mass is 16.5. The number of hydrogen-bond donors (Lipinski definition) is 1. The van der Waals surface area contributed by atoms with Crippen LogP contribution in [0.1, 0.15) is 22.8 Å². The molecule has 0 radical (unpaired) electrons. The van der Waals surface area contributed by atoms with Gasteiger partial charge in [-0.2, -0.15) is 0 Å². The number of fused-ring (bicyclic) bond motifs is 1. The molecule has 3 rings (SSSR count). The van der Waals surface area contributed by atoms with Crippen molar-refractivity contribution in [2.24, 2.45) is 7.05 Å². The molecular weight excluding hydrogens is 296 g/mol. The van der Waals surface area contributed by atoms with Crippen LogP contribution in [-0.2, 0) is 18.3 Å². The highest BCUT2D eigenvalue weighted by Gasteiger charge is 2.23. The first-order valence-corrected chi connectivity index (χ1v) is 7.29. The summed E-state index contributed by atoms with van der Waals surface area (Å²) in [6.45, 7) is 2.22. The summed E-state index contributed by atoms with van der Waals surface area (Å²) in [7, 11) is 3.19. The largest absolute Gasteiger partial charge is 0.479 e. The smallest absolute Gasteiger partial charge is 0.262 e. The zero-order valence-corrected chi connectivity index (χ0v) is 13.3. The zero-order valence-electron chi connectivity index (χ0n) is 13.3. The molecule has 0 saturated carbocycles. The monoisotopic (exact) mass is 314 g/mol. The Balaban J connectivity index is 1.85. The molecule has 1 aromatic heterocycles. The van der Waals surface area contributed by atoms with Gasteiger partial charge in [0.1, 0.15) is 5.56 Å². The van der Waals surface area contributed by atoms with Gasteiger partial charge in [0.15, 0.2) is 0 Å². The van der Waals surface area contributed by atoms with Crippen molar-refractivity contribution in [1.82, 2.24) is 9.78 Å². The first-order valence-electron chi connectivity index (χ1n) is 7.29. The minimum atomic E-state index is -0.303. The van der Waals surface area contributed by atoms with E-state index in [1.165, 1.54) is 11.8 Å². The second-order valence-corrected chi connectivity index (χ2v) is 5.44. The molecule has 7 nitrogen and oxygen atoms in total. The van der Waals surface area contributed by atoms with E-state index in [2.05, 4.69) is 10.4 Å². The molecular formula is C16H18N4O3. The minimum absolute atomic E-state index is 0.00107. The summed E-state index contributed by atoms with van der Waals surface area (Å²) in [5.74, 6) is -0.0278. The lowest BCUT2D eigenvalue weighted by Gasteiger charge is -2.15. The Labute approximate surface area is 133 Å². The molecule has 1 aromatic carbocycles. The van der Waals surface area contributed by atoms with Gasteiger partial charge in [-0.05, 0) is 24.1 Å². The van der Waals surface area contributed by atoms with Crippen LogP contribution < -0.4 is 15.0 Å². The van der Waals surface area contributed by atoms with Crippen LogP contribution in [0.2, 0.25) is 0 Å². The predicted octanol–water partition coefficient (Wildman–Crippen LogP) is 1.59. The Morgan fingerprint density at radius 1 is 1.35 bits per heavy atom. The normalized spacial score (nSPS) is 12.9. The molecule has 7 heteroatoms. The molecule has 2 aromatic rings. The van der Waals surface area contributed by atoms with E-state index in [4.69, 9.17) is 4.74 Å². The van der Waals surface area contributed by atoms with Crippen molar-refractivity contribution >= 4 is 23.2 Å². The third kappa shape index (κ3) is 2.77. The Hall–Kier alpha value is -2.83. The fourth-order valence-electron chi connectivity index (χ4n) is 2.76. The summed E-state index contributed by atoms with van der Waals surface area (Å²) < 4.78 is 6.62. The predicted molar refractivity (Wildman–Crippen MR) is 85.9 cm³/mol. The Bertz CT molecular complexity index is 782. The van der Waals surface area contributed by atoms with Gasteiger partial charge in [0.2, 0.25) is 11.8 Å². The number of carbonyl (C=O) groups excluding carboxylic acids is 2. The van der Waals surface area contributed by atoms with Crippen molar-refractivity contribution in [3.63, 3.8) is 0 Å². The molecule has 120 valence electrons. The van der Waals surface area contributed by atoms with E-state index in [1.54, 1.807) is 25.1 Å². The van der Waals surface area contributed by atoms with E-state index in [0.29, 0.717) is 17.8 Å². The fraction of sp³-hybridized carbons (Fsp3) is 0.312. The van der Waals surface area contributed by atoms with Gasteiger partial charge in [0.25, 0.3) is 5.91 Å². The van der Waals surface area contributed by atoms with Crippen LogP contribution in [0.5, 0.6) is 5.88 Å². The molecule has 0 unspecified atom stereocenters. The first kappa shape index (κ1) is 15.1. The van der Waals surface area contributed by atoms with Crippen LogP contribution in [0, 0.1) is 0 Å². The number of anilines is 2. The van der Waals surface area contributed by atoms with E-state index in [1.807, 2.05) is 18.2 Å². The SMILES string of the molecule is COc1nn(C)cc1C(=O)Nc1ccc2c(c1)N(C(C)=O)CC2. The quantitative estimate of drug-likeness (QED) is 0.933. The zero-order chi connectivity index (χ0) is 16.6. The Morgan fingerprint density at radius 2 is 2.13 bits per heavy atom. The Morgan fingerprint density at radius 3 is 2.83 bits per heavy atom. The number of rotatable bonds is 3. The average molecular weight is 314 g/mol. The summed E-state index contributed by atoms with van der Waals surface area (Å²) in [4.78, 5) is 25.8. The summed E-state index contributed by atoms with van der Waals surface area (Å²) in [6.07, 6.45) is 2.43. The second-order valence-electron chi connectivity index (χ2n) is 5.44. The number of amides is 2. The van der Waals surface area contributed by atoms with Crippen LogP contribution in [0.15, 0.2) is 24.4 Å². The molecule has 1 aliphatic heterocycles. The number of methoxy groups -OCH3 is 1. The van der Waals surface area contributed by atoms with Gasteiger partial charge >= 0.3 is 0 Å². The molecule has 0 spiro atoms. The molecule has 23 heavy (non-hydrogen) atoms. The molecule has 2 heterocycles. The van der Waals surface area contributed by atoms with E-state index >= 15 is 0 Å². The Kier molecular flexibility index (Phi) is 3.77. The topological polar surface area (TPSA) is 76.5 Å². The molecule has 1 aliphatic rings. The van der Waals surface area contributed by atoms with Gasteiger partial charge in [-0.1, -0.05) is 6.07 Å². The van der Waals surface area contributed by atoms with Gasteiger partial charge in [-0.15, -0.1) is 5.10 Å². The van der Waals surface area contributed by atoms with Crippen molar-refractivity contribution in [3.05, 3.63) is 35.5 Å². The van der Waals surface area contributed by atoms with Crippen molar-refractivity contribution in [3.8, 4) is 5.88 Å². The molecule has 1 N–H and O–H groups in total. The number of hydrogen-bond acceptors (Lipinski definition) is 4. The highest BCUT2D eigenvalue weighted by molar-refractivity contribution is 6.06. The lowest BCUT2D eigenvalue weighted by molar-refractivity contribution is -0.116. The average Bonchev–Trinajstić information content (AvgIpc) is 3.09. The first-order chi connectivity index (χ1) is 11.0. The van der Waals surface area contributed by atoms with Crippen molar-refractivity contribution in [2.45, 2.75) is 13.3 Å². The van der Waals surface area contributed by atoms with E-state index < -0.39 is 0 Å². The van der Waals surface area contributed by atoms with Gasteiger partial charge in [0.05, 0.1) is 7.11 Å². The summed E-state index contributed by atoms with van der Waals surface area (Å²) in [5, 5.41) is 6.89. The number of aryl methyl sites for hydroxylation is 1. The van der Waals surface area contributed by atoms with Crippen molar-refractivity contribution in [2.75, 3.05) is 23.9 Å². The van der Waals surface area contributed by atoms with Gasteiger partial charge in [-0.3, -0.25) is 14.3 Å². The number of nitrogens with zero attached hydrogens (tertiary/aromatic N) is 3. The van der Waals surface area contributed by atoms with E-state index in [9.17, 15) is 9.59 Å².